The van der Waals surface area contributed by atoms with Crippen molar-refractivity contribution >= 4 is 11.6 Å². The van der Waals surface area contributed by atoms with Crippen LogP contribution in [-0.2, 0) is 11.2 Å². The number of rotatable bonds is 2. The number of benzene rings is 2. The van der Waals surface area contributed by atoms with Gasteiger partial charge in [0, 0.05) is 12.5 Å². The van der Waals surface area contributed by atoms with Crippen LogP contribution >= 0.6 is 0 Å². The highest BCUT2D eigenvalue weighted by atomic mass is 16.5. The maximum Gasteiger partial charge on any atom is 0.238 e. The van der Waals surface area contributed by atoms with Crippen LogP contribution < -0.4 is 10.2 Å². The largest absolute Gasteiger partial charge is 0.497 e. The number of hydrogen-bond acceptors (Lipinski definition) is 3. The first kappa shape index (κ1) is 15.8. The molecular formula is C21H22N2O2. The number of aryl methyl sites for hydroxylation is 2. The second-order valence-corrected chi connectivity index (χ2v) is 6.74. The first-order valence-corrected chi connectivity index (χ1v) is 8.62. The third-order valence-corrected chi connectivity index (χ3v) is 5.12. The van der Waals surface area contributed by atoms with Gasteiger partial charge in [-0.2, -0.15) is 0 Å². The first-order chi connectivity index (χ1) is 12.1. The van der Waals surface area contributed by atoms with Crippen LogP contribution in [0.3, 0.4) is 0 Å². The van der Waals surface area contributed by atoms with Crippen LogP contribution in [0.25, 0.3) is 5.70 Å². The number of nitrogens with one attached hydrogen (secondary N) is 1. The van der Waals surface area contributed by atoms with E-state index in [9.17, 15) is 4.79 Å². The molecule has 4 rings (SSSR count). The van der Waals surface area contributed by atoms with Crippen molar-refractivity contribution in [2.75, 3.05) is 7.11 Å². The monoisotopic (exact) mass is 334 g/mol. The van der Waals surface area contributed by atoms with Crippen molar-refractivity contribution in [2.24, 2.45) is 0 Å². The Morgan fingerprint density at radius 2 is 1.92 bits per heavy atom. The minimum Gasteiger partial charge on any atom is -0.497 e. The molecule has 4 heteroatoms. The van der Waals surface area contributed by atoms with Gasteiger partial charge in [0.25, 0.3) is 0 Å². The molecule has 128 valence electrons. The quantitative estimate of drug-likeness (QED) is 0.909. The van der Waals surface area contributed by atoms with Gasteiger partial charge in [-0.1, -0.05) is 29.8 Å². The van der Waals surface area contributed by atoms with Gasteiger partial charge >= 0.3 is 0 Å². The van der Waals surface area contributed by atoms with Crippen molar-refractivity contribution in [3.63, 3.8) is 0 Å². The second kappa shape index (κ2) is 5.96. The summed E-state index contributed by atoms with van der Waals surface area (Å²) in [6, 6.07) is 14.6. The van der Waals surface area contributed by atoms with Gasteiger partial charge in [0.1, 0.15) is 11.8 Å². The molecule has 0 radical (unpaired) electrons. The number of methoxy groups -OCH3 is 1. The summed E-state index contributed by atoms with van der Waals surface area (Å²) >= 11 is 0. The molecule has 1 heterocycles. The van der Waals surface area contributed by atoms with E-state index in [1.165, 1.54) is 22.3 Å². The number of nitrogens with zero attached hydrogens (tertiary/aromatic N) is 1. The summed E-state index contributed by atoms with van der Waals surface area (Å²) in [6.07, 6.45) is 1.89. The Kier molecular flexibility index (Phi) is 3.75. The molecule has 2 aliphatic rings. The minimum atomic E-state index is -0.0386. The summed E-state index contributed by atoms with van der Waals surface area (Å²) in [5.41, 5.74) is 10.5. The van der Waals surface area contributed by atoms with E-state index in [2.05, 4.69) is 48.7 Å². The number of amides is 1. The Balaban J connectivity index is 1.81. The number of hydrazine groups is 1. The van der Waals surface area contributed by atoms with Gasteiger partial charge in [-0.05, 0) is 54.7 Å². The zero-order valence-corrected chi connectivity index (χ0v) is 14.8. The highest BCUT2D eigenvalue weighted by molar-refractivity contribution is 5.82. The number of carbonyl (C=O) groups excluding carboxylic acids is 1. The van der Waals surface area contributed by atoms with E-state index < -0.39 is 0 Å². The van der Waals surface area contributed by atoms with E-state index in [-0.39, 0.29) is 11.9 Å². The first-order valence-electron chi connectivity index (χ1n) is 8.62. The van der Waals surface area contributed by atoms with Gasteiger partial charge in [-0.15, -0.1) is 0 Å². The summed E-state index contributed by atoms with van der Waals surface area (Å²) in [5.74, 6) is 0.898. The van der Waals surface area contributed by atoms with Crippen molar-refractivity contribution in [1.82, 2.24) is 10.4 Å². The molecular weight excluding hydrogens is 312 g/mol. The Labute approximate surface area is 148 Å². The highest BCUT2D eigenvalue weighted by Crippen LogP contribution is 2.44. The van der Waals surface area contributed by atoms with Gasteiger partial charge in [-0.3, -0.25) is 10.2 Å². The average molecular weight is 334 g/mol. The Hall–Kier alpha value is -2.75. The van der Waals surface area contributed by atoms with Crippen LogP contribution in [0.2, 0.25) is 0 Å². The smallest absolute Gasteiger partial charge is 0.238 e. The van der Waals surface area contributed by atoms with Crippen molar-refractivity contribution in [1.29, 1.82) is 0 Å². The van der Waals surface area contributed by atoms with E-state index in [4.69, 9.17) is 4.74 Å². The molecule has 4 nitrogen and oxygen atoms in total. The van der Waals surface area contributed by atoms with Gasteiger partial charge in [0.2, 0.25) is 5.91 Å². The number of hydrogen-bond donors (Lipinski definition) is 1. The molecule has 0 spiro atoms. The lowest BCUT2D eigenvalue weighted by Gasteiger charge is -2.26. The van der Waals surface area contributed by atoms with Crippen molar-refractivity contribution in [3.8, 4) is 5.75 Å². The van der Waals surface area contributed by atoms with E-state index in [0.29, 0.717) is 0 Å². The maximum atomic E-state index is 12.3. The predicted octanol–water partition coefficient (Wildman–Crippen LogP) is 3.77. The fourth-order valence-electron chi connectivity index (χ4n) is 3.82. The van der Waals surface area contributed by atoms with Crippen LogP contribution in [-0.4, -0.2) is 18.0 Å². The van der Waals surface area contributed by atoms with Crippen molar-refractivity contribution < 1.29 is 9.53 Å². The molecule has 0 bridgehead atoms. The zero-order chi connectivity index (χ0) is 17.6. The lowest BCUT2D eigenvalue weighted by molar-refractivity contribution is -0.132. The topological polar surface area (TPSA) is 41.6 Å². The standard InChI is InChI=1S/C21H22N2O2/c1-13-4-6-15(7-5-13)21-19-10-8-16-12-17(25-3)9-11-18(16)20(19)22-23(21)14(2)24/h4-7,9,11-12,21-22H,8,10H2,1-3H3. The number of ether oxygens (including phenoxy) is 1. The average Bonchev–Trinajstić information content (AvgIpc) is 3.02. The molecule has 1 aliphatic carbocycles. The fraction of sp³-hybridized carbons (Fsp3) is 0.286. The molecule has 1 atom stereocenters. The van der Waals surface area contributed by atoms with Crippen molar-refractivity contribution in [2.45, 2.75) is 32.7 Å². The Bertz CT molecular complexity index is 868. The molecule has 1 amide bonds. The molecule has 2 aromatic rings. The molecule has 1 unspecified atom stereocenters. The third kappa shape index (κ3) is 2.58. The maximum absolute atomic E-state index is 12.3. The Morgan fingerprint density at radius 1 is 1.16 bits per heavy atom. The van der Waals surface area contributed by atoms with Gasteiger partial charge in [-0.25, -0.2) is 5.01 Å². The molecule has 0 saturated heterocycles. The fourth-order valence-corrected chi connectivity index (χ4v) is 3.82. The zero-order valence-electron chi connectivity index (χ0n) is 14.8. The molecule has 2 aromatic carbocycles. The molecule has 1 N–H and O–H groups in total. The second-order valence-electron chi connectivity index (χ2n) is 6.74. The SMILES string of the molecule is COc1ccc2c(c1)CCC1=C2NN(C(C)=O)C1c1ccc(C)cc1. The Morgan fingerprint density at radius 3 is 2.60 bits per heavy atom. The summed E-state index contributed by atoms with van der Waals surface area (Å²) in [5, 5.41) is 1.76. The van der Waals surface area contributed by atoms with Crippen LogP contribution in [0.4, 0.5) is 0 Å². The molecule has 0 fully saturated rings. The molecule has 25 heavy (non-hydrogen) atoms. The van der Waals surface area contributed by atoms with Crippen LogP contribution in [0.15, 0.2) is 48.0 Å². The van der Waals surface area contributed by atoms with E-state index >= 15 is 0 Å². The minimum absolute atomic E-state index is 0.0232. The summed E-state index contributed by atoms with van der Waals surface area (Å²) < 4.78 is 5.35. The molecule has 1 aliphatic heterocycles. The number of fused-ring (bicyclic) bond motifs is 2. The van der Waals surface area contributed by atoms with E-state index in [1.807, 2.05) is 6.07 Å². The van der Waals surface area contributed by atoms with Gasteiger partial charge < -0.3 is 4.74 Å². The van der Waals surface area contributed by atoms with Crippen LogP contribution in [0.1, 0.15) is 41.6 Å². The predicted molar refractivity (Wildman–Crippen MR) is 97.8 cm³/mol. The molecule has 0 aromatic heterocycles. The van der Waals surface area contributed by atoms with Gasteiger partial charge in [0.05, 0.1) is 12.8 Å². The summed E-state index contributed by atoms with van der Waals surface area (Å²) in [6.45, 7) is 3.69. The highest BCUT2D eigenvalue weighted by Gasteiger charge is 2.38. The van der Waals surface area contributed by atoms with E-state index in [1.54, 1.807) is 19.0 Å². The van der Waals surface area contributed by atoms with Crippen LogP contribution in [0.5, 0.6) is 5.75 Å². The van der Waals surface area contributed by atoms with Crippen LogP contribution in [0, 0.1) is 6.92 Å². The molecule has 0 saturated carbocycles. The normalized spacial score (nSPS) is 18.5. The van der Waals surface area contributed by atoms with E-state index in [0.717, 1.165) is 29.9 Å². The van der Waals surface area contributed by atoms with Gasteiger partial charge in [0.15, 0.2) is 0 Å². The third-order valence-electron chi connectivity index (χ3n) is 5.12. The lowest BCUT2D eigenvalue weighted by atomic mass is 9.85. The summed E-state index contributed by atoms with van der Waals surface area (Å²) in [7, 11) is 1.69. The summed E-state index contributed by atoms with van der Waals surface area (Å²) in [4.78, 5) is 12.3. The van der Waals surface area contributed by atoms with Crippen molar-refractivity contribution in [3.05, 3.63) is 70.3 Å². The number of carbonyl (C=O) groups is 1. The lowest BCUT2D eigenvalue weighted by Crippen LogP contribution is -2.38.